The van der Waals surface area contributed by atoms with Crippen molar-refractivity contribution >= 4 is 31.4 Å². The minimum Gasteiger partial charge on any atom is -0.403 e. The van der Waals surface area contributed by atoms with Crippen LogP contribution in [0.1, 0.15) is 11.1 Å². The summed E-state index contributed by atoms with van der Waals surface area (Å²) >= 11 is 4.35. The number of hydrogen-bond donors (Lipinski definition) is 4. The van der Waals surface area contributed by atoms with Crippen molar-refractivity contribution in [3.8, 4) is 0 Å². The van der Waals surface area contributed by atoms with Gasteiger partial charge in [0, 0.05) is 17.3 Å². The highest BCUT2D eigenvalue weighted by atomic mass is 32.1. The average molecular weight is 319 g/mol. The number of aryl methyl sites for hydroxylation is 1. The van der Waals surface area contributed by atoms with E-state index >= 15 is 0 Å². The van der Waals surface area contributed by atoms with Crippen LogP contribution in [0.25, 0.3) is 0 Å². The molecule has 0 aliphatic heterocycles. The molecule has 5 nitrogen and oxygen atoms in total. The van der Waals surface area contributed by atoms with Crippen molar-refractivity contribution in [2.24, 2.45) is 15.7 Å². The number of nitrogens with two attached hydrogens (primary N) is 1. The standard InChI is InChI=1S/C15H18FN5S/c1-10-3-4-14(22)11(5-10)8-20-15(13(16)9-19-2)21-12(6-17)7-18/h3-7,9,17,22H,2,8,18H2,1H3,(H,20,21)/b12-7?,13-9+,17-6?. The van der Waals surface area contributed by atoms with Gasteiger partial charge in [-0.05, 0) is 25.3 Å². The number of allylic oxidation sites excluding steroid dienone is 1. The van der Waals surface area contributed by atoms with Gasteiger partial charge in [0.05, 0.1) is 18.4 Å². The zero-order valence-electron chi connectivity index (χ0n) is 12.2. The van der Waals surface area contributed by atoms with Gasteiger partial charge >= 0.3 is 0 Å². The molecule has 0 aliphatic carbocycles. The molecule has 0 fully saturated rings. The lowest BCUT2D eigenvalue weighted by atomic mass is 10.1. The molecule has 0 saturated carbocycles. The molecule has 1 aromatic rings. The number of benzene rings is 1. The SMILES string of the molecule is C=N/C=C(/F)C(=NCc1cc(C)ccc1S)NC(C=N)=CN. The van der Waals surface area contributed by atoms with Gasteiger partial charge in [-0.25, -0.2) is 4.39 Å². The van der Waals surface area contributed by atoms with Gasteiger partial charge < -0.3 is 16.5 Å². The number of thiol groups is 1. The second-order valence-corrected chi connectivity index (χ2v) is 4.83. The Morgan fingerprint density at radius 1 is 1.55 bits per heavy atom. The highest BCUT2D eigenvalue weighted by Crippen LogP contribution is 2.17. The average Bonchev–Trinajstić information content (AvgIpc) is 2.51. The molecule has 0 spiro atoms. The molecular weight excluding hydrogens is 301 g/mol. The number of amidine groups is 1. The molecule has 0 aromatic heterocycles. The summed E-state index contributed by atoms with van der Waals surface area (Å²) in [5.74, 6) is -0.786. The van der Waals surface area contributed by atoms with E-state index in [1.165, 1.54) is 0 Å². The first-order chi connectivity index (χ1) is 10.5. The molecule has 7 heteroatoms. The molecule has 0 amide bonds. The Bertz CT molecular complexity index is 649. The fraction of sp³-hybridized carbons (Fsp3) is 0.133. The molecule has 1 rings (SSSR count). The summed E-state index contributed by atoms with van der Waals surface area (Å²) in [6, 6.07) is 5.71. The number of nitrogens with one attached hydrogen (secondary N) is 2. The van der Waals surface area contributed by atoms with E-state index in [-0.39, 0.29) is 18.1 Å². The Hall–Kier alpha value is -2.41. The third-order valence-electron chi connectivity index (χ3n) is 2.67. The molecule has 0 unspecified atom stereocenters. The number of nitrogens with zero attached hydrogens (tertiary/aromatic N) is 2. The van der Waals surface area contributed by atoms with E-state index in [2.05, 4.69) is 34.6 Å². The van der Waals surface area contributed by atoms with Crippen molar-refractivity contribution in [2.45, 2.75) is 18.4 Å². The molecule has 0 radical (unpaired) electrons. The minimum absolute atomic E-state index is 0.0816. The third kappa shape index (κ3) is 5.17. The normalized spacial score (nSPS) is 13.0. The van der Waals surface area contributed by atoms with Gasteiger partial charge in [-0.15, -0.1) is 12.6 Å². The van der Waals surface area contributed by atoms with Crippen LogP contribution < -0.4 is 11.1 Å². The molecule has 0 heterocycles. The van der Waals surface area contributed by atoms with Crippen LogP contribution in [0.3, 0.4) is 0 Å². The molecule has 0 aliphatic rings. The first-order valence-corrected chi connectivity index (χ1v) is 6.80. The molecule has 116 valence electrons. The molecule has 1 aromatic carbocycles. The van der Waals surface area contributed by atoms with Crippen molar-refractivity contribution in [3.05, 3.63) is 53.2 Å². The Labute approximate surface area is 134 Å². The van der Waals surface area contributed by atoms with E-state index in [4.69, 9.17) is 11.1 Å². The quantitative estimate of drug-likeness (QED) is 0.369. The summed E-state index contributed by atoms with van der Waals surface area (Å²) in [7, 11) is 0. The maximum Gasteiger partial charge on any atom is 0.183 e. The Morgan fingerprint density at radius 2 is 2.27 bits per heavy atom. The number of aliphatic imine (C=N–C) groups is 2. The summed E-state index contributed by atoms with van der Waals surface area (Å²) in [6.07, 6.45) is 3.04. The number of hydrogen-bond acceptors (Lipinski definition) is 5. The molecule has 0 bridgehead atoms. The zero-order valence-corrected chi connectivity index (χ0v) is 13.1. The molecule has 0 atom stereocenters. The van der Waals surface area contributed by atoms with Gasteiger partial charge in [0.15, 0.2) is 11.7 Å². The third-order valence-corrected chi connectivity index (χ3v) is 3.11. The van der Waals surface area contributed by atoms with E-state index in [0.717, 1.165) is 34.6 Å². The van der Waals surface area contributed by atoms with Gasteiger partial charge in [-0.1, -0.05) is 17.7 Å². The van der Waals surface area contributed by atoms with Crippen LogP contribution in [0.5, 0.6) is 0 Å². The molecule has 0 saturated heterocycles. The van der Waals surface area contributed by atoms with Crippen LogP contribution in [-0.4, -0.2) is 18.8 Å². The fourth-order valence-electron chi connectivity index (χ4n) is 1.58. The van der Waals surface area contributed by atoms with Crippen LogP contribution in [0.2, 0.25) is 0 Å². The fourth-order valence-corrected chi connectivity index (χ4v) is 1.79. The second kappa shape index (κ2) is 8.78. The van der Waals surface area contributed by atoms with Crippen LogP contribution in [0, 0.1) is 12.3 Å². The lowest BCUT2D eigenvalue weighted by Crippen LogP contribution is -2.25. The van der Waals surface area contributed by atoms with E-state index in [0.29, 0.717) is 0 Å². The van der Waals surface area contributed by atoms with Gasteiger partial charge in [-0.3, -0.25) is 9.98 Å². The highest BCUT2D eigenvalue weighted by Gasteiger charge is 2.08. The lowest BCUT2D eigenvalue weighted by Gasteiger charge is -2.09. The second-order valence-electron chi connectivity index (χ2n) is 4.35. The largest absolute Gasteiger partial charge is 0.403 e. The van der Waals surface area contributed by atoms with Crippen LogP contribution in [0.15, 0.2) is 57.0 Å². The van der Waals surface area contributed by atoms with Crippen molar-refractivity contribution in [1.82, 2.24) is 5.32 Å². The summed E-state index contributed by atoms with van der Waals surface area (Å²) in [4.78, 5) is 8.31. The first-order valence-electron chi connectivity index (χ1n) is 6.36. The van der Waals surface area contributed by atoms with Crippen molar-refractivity contribution < 1.29 is 4.39 Å². The van der Waals surface area contributed by atoms with Gasteiger partial charge in [0.2, 0.25) is 0 Å². The monoisotopic (exact) mass is 319 g/mol. The maximum absolute atomic E-state index is 14.0. The van der Waals surface area contributed by atoms with Gasteiger partial charge in [0.25, 0.3) is 0 Å². The van der Waals surface area contributed by atoms with E-state index < -0.39 is 5.83 Å². The predicted molar refractivity (Wildman–Crippen MR) is 92.5 cm³/mol. The van der Waals surface area contributed by atoms with Crippen molar-refractivity contribution in [1.29, 1.82) is 5.41 Å². The Morgan fingerprint density at radius 3 is 2.86 bits per heavy atom. The summed E-state index contributed by atoms with van der Waals surface area (Å²) in [5, 5.41) is 9.80. The summed E-state index contributed by atoms with van der Waals surface area (Å²) < 4.78 is 14.0. The Kier molecular flexibility index (Phi) is 7.04. The molecule has 22 heavy (non-hydrogen) atoms. The zero-order chi connectivity index (χ0) is 16.5. The van der Waals surface area contributed by atoms with Crippen molar-refractivity contribution in [3.63, 3.8) is 0 Å². The number of halogens is 1. The molecule has 4 N–H and O–H groups in total. The smallest absolute Gasteiger partial charge is 0.183 e. The lowest BCUT2D eigenvalue weighted by molar-refractivity contribution is 0.669. The van der Waals surface area contributed by atoms with E-state index in [9.17, 15) is 4.39 Å². The van der Waals surface area contributed by atoms with E-state index in [1.807, 2.05) is 25.1 Å². The Balaban J connectivity index is 3.09. The van der Waals surface area contributed by atoms with Crippen LogP contribution in [-0.2, 0) is 6.54 Å². The van der Waals surface area contributed by atoms with Crippen LogP contribution in [0.4, 0.5) is 4.39 Å². The van der Waals surface area contributed by atoms with Gasteiger partial charge in [0.1, 0.15) is 0 Å². The van der Waals surface area contributed by atoms with Gasteiger partial charge in [-0.2, -0.15) is 0 Å². The summed E-state index contributed by atoms with van der Waals surface area (Å²) in [6.45, 7) is 5.37. The van der Waals surface area contributed by atoms with Crippen molar-refractivity contribution in [2.75, 3.05) is 0 Å². The van der Waals surface area contributed by atoms with Crippen LogP contribution >= 0.6 is 12.6 Å². The highest BCUT2D eigenvalue weighted by molar-refractivity contribution is 7.80. The molecular formula is C15H18FN5S. The predicted octanol–water partition coefficient (Wildman–Crippen LogP) is 2.73. The minimum atomic E-state index is -0.704. The topological polar surface area (TPSA) is 86.6 Å². The van der Waals surface area contributed by atoms with E-state index in [1.54, 1.807) is 0 Å². The summed E-state index contributed by atoms with van der Waals surface area (Å²) in [5.41, 5.74) is 7.46. The number of rotatable bonds is 6. The first kappa shape index (κ1) is 17.6. The maximum atomic E-state index is 14.0.